The molecule has 372 valence electrons. The molecule has 3 aliphatic heterocycles. The van der Waals surface area contributed by atoms with Crippen molar-refractivity contribution >= 4 is 49.6 Å². The van der Waals surface area contributed by atoms with Gasteiger partial charge in [0.2, 0.25) is 17.7 Å². The Morgan fingerprint density at radius 3 is 2.25 bits per heavy atom. The van der Waals surface area contributed by atoms with Crippen LogP contribution >= 0.6 is 0 Å². The molecule has 9 atom stereocenters. The van der Waals surface area contributed by atoms with E-state index < -0.39 is 103 Å². The maximum Gasteiger partial charge on any atom is 0.329 e. The second kappa shape index (κ2) is 22.9. The van der Waals surface area contributed by atoms with Gasteiger partial charge in [-0.3, -0.25) is 24.0 Å². The molecular formula is C49H78N8O9Si. The number of esters is 2. The number of hydrogen-bond donors (Lipinski definition) is 3. The summed E-state index contributed by atoms with van der Waals surface area (Å²) in [5.74, 6) is -4.70. The quantitative estimate of drug-likeness (QED) is 0.0211. The number of nitrogens with zero attached hydrogens (tertiary/aromatic N) is 5. The summed E-state index contributed by atoms with van der Waals surface area (Å²) in [4.78, 5) is 91.9. The minimum absolute atomic E-state index is 0.0233. The fraction of sp³-hybridized carbons (Fsp3) is 0.714. The molecule has 4 rings (SSSR count). The van der Waals surface area contributed by atoms with Crippen molar-refractivity contribution in [2.24, 2.45) is 28.8 Å². The zero-order chi connectivity index (χ0) is 50.2. The Labute approximate surface area is 399 Å². The lowest BCUT2D eigenvalue weighted by molar-refractivity contribution is -0.170. The zero-order valence-corrected chi connectivity index (χ0v) is 43.2. The summed E-state index contributed by atoms with van der Waals surface area (Å²) in [6, 6.07) is 3.31. The van der Waals surface area contributed by atoms with Gasteiger partial charge in [-0.25, -0.2) is 4.79 Å². The van der Waals surface area contributed by atoms with Crippen LogP contribution in [0.1, 0.15) is 120 Å². The summed E-state index contributed by atoms with van der Waals surface area (Å²) in [6.07, 6.45) is 1.04. The van der Waals surface area contributed by atoms with Gasteiger partial charge in [0.1, 0.15) is 36.9 Å². The van der Waals surface area contributed by atoms with Crippen LogP contribution in [0.3, 0.4) is 0 Å². The second-order valence-electron chi connectivity index (χ2n) is 21.3. The molecule has 0 saturated carbocycles. The third kappa shape index (κ3) is 12.8. The highest BCUT2D eigenvalue weighted by Gasteiger charge is 2.59. The largest absolute Gasteiger partial charge is 0.460 e. The average molecular weight is 951 g/mol. The van der Waals surface area contributed by atoms with Crippen LogP contribution in [-0.4, -0.2) is 116 Å². The monoisotopic (exact) mass is 951 g/mol. The third-order valence-corrected chi connectivity index (χ3v) is 18.9. The van der Waals surface area contributed by atoms with Gasteiger partial charge in [0.05, 0.1) is 5.92 Å². The van der Waals surface area contributed by atoms with E-state index in [9.17, 15) is 24.0 Å². The summed E-state index contributed by atoms with van der Waals surface area (Å²) in [6.45, 7) is 29.3. The predicted molar refractivity (Wildman–Crippen MR) is 260 cm³/mol. The van der Waals surface area contributed by atoms with Gasteiger partial charge in [-0.2, -0.15) is 0 Å². The number of likely N-dealkylation sites (tertiary alicyclic amines) is 2. The van der Waals surface area contributed by atoms with Crippen LogP contribution in [0.25, 0.3) is 10.4 Å². The van der Waals surface area contributed by atoms with Gasteiger partial charge in [-0.05, 0) is 78.7 Å². The molecule has 18 heteroatoms. The van der Waals surface area contributed by atoms with Gasteiger partial charge in [-0.15, -0.1) is 0 Å². The highest BCUT2D eigenvalue weighted by Crippen LogP contribution is 2.51. The summed E-state index contributed by atoms with van der Waals surface area (Å²) in [7, 11) is -2.35. The predicted octanol–water partition coefficient (Wildman–Crippen LogP) is 7.37. The number of amides is 4. The molecule has 17 nitrogen and oxygen atoms in total. The first-order chi connectivity index (χ1) is 31.3. The first-order valence-electron chi connectivity index (χ1n) is 24.1. The van der Waals surface area contributed by atoms with Crippen LogP contribution in [0, 0.1) is 23.7 Å². The summed E-state index contributed by atoms with van der Waals surface area (Å²) in [5, 5.41) is 12.9. The number of benzene rings is 1. The van der Waals surface area contributed by atoms with Gasteiger partial charge in [-0.1, -0.05) is 119 Å². The first-order valence-corrected chi connectivity index (χ1v) is 27.0. The van der Waals surface area contributed by atoms with Crippen molar-refractivity contribution < 1.29 is 42.7 Å². The van der Waals surface area contributed by atoms with Crippen molar-refractivity contribution in [2.75, 3.05) is 25.0 Å². The second-order valence-corrected chi connectivity index (χ2v) is 26.1. The summed E-state index contributed by atoms with van der Waals surface area (Å²) < 4.78 is 18.3. The van der Waals surface area contributed by atoms with Crippen molar-refractivity contribution in [3.63, 3.8) is 0 Å². The Hall–Kier alpha value is -4.93. The SMILES string of the molecule is C=CCOC(=O)[C@@H]1C[C@@]2(C)c3ccccc3N[C@H]2N1C(=O)[C@H](NC(=O)[C@H](CCCCN=[N+]=[N-])NC(=O)[C@H]1C[C@@H](O[Si](C)(C)C(C)(C)C)CCN1C(=O)[C@@H](OC(=O)[C@H](C)C(C)C)C(C)C)C(C)C. The van der Waals surface area contributed by atoms with Crippen LogP contribution < -0.4 is 16.0 Å². The molecule has 0 aromatic heterocycles. The first kappa shape index (κ1) is 54.7. The maximum absolute atomic E-state index is 15.0. The zero-order valence-electron chi connectivity index (χ0n) is 42.2. The van der Waals surface area contributed by atoms with E-state index in [1.165, 1.54) is 15.9 Å². The van der Waals surface area contributed by atoms with E-state index in [2.05, 4.69) is 66.4 Å². The van der Waals surface area contributed by atoms with Gasteiger partial charge >= 0.3 is 11.9 Å². The third-order valence-electron chi connectivity index (χ3n) is 14.3. The fourth-order valence-electron chi connectivity index (χ4n) is 8.88. The van der Waals surface area contributed by atoms with Gasteiger partial charge < -0.3 is 39.6 Å². The topological polar surface area (TPSA) is 221 Å². The van der Waals surface area contributed by atoms with Crippen molar-refractivity contribution in [1.29, 1.82) is 0 Å². The number of carbonyl (C=O) groups is 6. The summed E-state index contributed by atoms with van der Waals surface area (Å²) in [5.41, 5.74) is 10.1. The van der Waals surface area contributed by atoms with E-state index in [0.717, 1.165) is 11.3 Å². The number of ether oxygens (including phenoxy) is 2. The smallest absolute Gasteiger partial charge is 0.329 e. The molecule has 1 aromatic rings. The van der Waals surface area contributed by atoms with Crippen molar-refractivity contribution in [3.8, 4) is 0 Å². The number of anilines is 1. The number of azide groups is 1. The Morgan fingerprint density at radius 1 is 0.985 bits per heavy atom. The molecule has 2 saturated heterocycles. The van der Waals surface area contributed by atoms with E-state index in [1.54, 1.807) is 34.6 Å². The van der Waals surface area contributed by atoms with Crippen molar-refractivity contribution in [2.45, 2.75) is 181 Å². The van der Waals surface area contributed by atoms with E-state index in [-0.39, 0.29) is 56.0 Å². The van der Waals surface area contributed by atoms with Gasteiger partial charge in [0.15, 0.2) is 14.4 Å². The number of rotatable bonds is 21. The molecule has 0 bridgehead atoms. The van der Waals surface area contributed by atoms with Gasteiger partial charge in [0, 0.05) is 41.6 Å². The molecule has 2 fully saturated rings. The lowest BCUT2D eigenvalue weighted by atomic mass is 9.80. The molecular weight excluding hydrogens is 873 g/mol. The number of nitrogens with one attached hydrogen (secondary N) is 3. The van der Waals surface area contributed by atoms with E-state index in [4.69, 9.17) is 19.4 Å². The number of carbonyl (C=O) groups excluding carboxylic acids is 6. The standard InChI is InChI=1S/C49H78N8O9Si/c1-15-26-64-46(63)38-28-49(12)34-20-16-17-21-35(34)53-47(49)57(38)43(60)39(30(4)5)54-41(58)36(22-18-19-24-51-55-50)52-42(59)37-27-33(66-67(13,14)48(9,10)11)23-25-56(37)44(61)40(31(6)7)65-45(62)32(8)29(2)3/h15-17,20-21,29-33,36-40,47,53H,1,18-19,22-28H2,2-14H3,(H,52,59)(H,54,58)/t32-,33+,36+,37-,38+,39-,40+,47+,49+/m1/s1. The number of para-hydroxylation sites is 1. The van der Waals surface area contributed by atoms with Crippen LogP contribution in [-0.2, 0) is 48.1 Å². The highest BCUT2D eigenvalue weighted by molar-refractivity contribution is 6.74. The van der Waals surface area contributed by atoms with Crippen molar-refractivity contribution in [1.82, 2.24) is 20.4 Å². The van der Waals surface area contributed by atoms with Crippen LogP contribution in [0.15, 0.2) is 42.0 Å². The lowest BCUT2D eigenvalue weighted by Gasteiger charge is -2.45. The Bertz CT molecular complexity index is 2020. The van der Waals surface area contributed by atoms with E-state index in [0.29, 0.717) is 19.3 Å². The van der Waals surface area contributed by atoms with Gasteiger partial charge in [0.25, 0.3) is 5.91 Å². The molecule has 0 unspecified atom stereocenters. The molecule has 3 heterocycles. The molecule has 0 radical (unpaired) electrons. The Balaban J connectivity index is 1.69. The molecule has 3 aliphatic rings. The maximum atomic E-state index is 15.0. The molecule has 3 N–H and O–H groups in total. The minimum atomic E-state index is -2.35. The van der Waals surface area contributed by atoms with Crippen LogP contribution in [0.5, 0.6) is 0 Å². The van der Waals surface area contributed by atoms with E-state index in [1.807, 2.05) is 45.0 Å². The minimum Gasteiger partial charge on any atom is -0.460 e. The molecule has 0 aliphatic carbocycles. The molecule has 4 amide bonds. The Kier molecular flexibility index (Phi) is 18.7. The fourth-order valence-corrected chi connectivity index (χ4v) is 10.3. The normalized spacial score (nSPS) is 23.2. The summed E-state index contributed by atoms with van der Waals surface area (Å²) >= 11 is 0. The molecule has 0 spiro atoms. The van der Waals surface area contributed by atoms with Crippen LogP contribution in [0.4, 0.5) is 5.69 Å². The van der Waals surface area contributed by atoms with Crippen LogP contribution in [0.2, 0.25) is 18.1 Å². The number of fused-ring (bicyclic) bond motifs is 3. The number of piperidine rings is 1. The molecule has 67 heavy (non-hydrogen) atoms. The Morgan fingerprint density at radius 2 is 1.66 bits per heavy atom. The van der Waals surface area contributed by atoms with Crippen molar-refractivity contribution in [3.05, 3.63) is 52.9 Å². The highest BCUT2D eigenvalue weighted by atomic mass is 28.4. The number of unbranched alkanes of at least 4 members (excludes halogenated alkanes) is 1. The van der Waals surface area contributed by atoms with E-state index >= 15 is 4.79 Å². The molecule has 1 aromatic carbocycles. The number of hydrogen-bond acceptors (Lipinski definition) is 11. The lowest BCUT2D eigenvalue weighted by Crippen LogP contribution is -2.63. The average Bonchev–Trinajstić information content (AvgIpc) is 3.72.